The summed E-state index contributed by atoms with van der Waals surface area (Å²) in [6.45, 7) is 3.76. The number of amides is 1. The molecule has 0 spiro atoms. The number of aromatic nitrogens is 1. The predicted molar refractivity (Wildman–Crippen MR) is 100 cm³/mol. The summed E-state index contributed by atoms with van der Waals surface area (Å²) in [5, 5.41) is 3.56. The highest BCUT2D eigenvalue weighted by Gasteiger charge is 2.16. The molecule has 3 rings (SSSR count). The van der Waals surface area contributed by atoms with Crippen LogP contribution < -0.4 is 15.7 Å². The molecular formula is C18H14Cl2N2O4. The van der Waals surface area contributed by atoms with Gasteiger partial charge in [0.25, 0.3) is 5.91 Å². The molecule has 0 unspecified atom stereocenters. The van der Waals surface area contributed by atoms with Gasteiger partial charge in [-0.15, -0.1) is 0 Å². The molecule has 0 aliphatic carbocycles. The number of fused-ring (bicyclic) bond motifs is 1. The number of halogens is 2. The van der Waals surface area contributed by atoms with Crippen LogP contribution in [0.4, 0.5) is 5.82 Å². The normalized spacial score (nSPS) is 11.0. The van der Waals surface area contributed by atoms with Crippen LogP contribution in [0.5, 0.6) is 5.75 Å². The van der Waals surface area contributed by atoms with Crippen LogP contribution in [0.15, 0.2) is 45.7 Å². The third-order valence-electron chi connectivity index (χ3n) is 3.37. The quantitative estimate of drug-likeness (QED) is 0.659. The largest absolute Gasteiger partial charge is 0.491 e. The number of carbonyl (C=O) groups excluding carboxylic acids is 1. The van der Waals surface area contributed by atoms with E-state index >= 15 is 0 Å². The number of anilines is 1. The molecule has 1 aromatic carbocycles. The molecule has 26 heavy (non-hydrogen) atoms. The number of hydrogen-bond donors (Lipinski definition) is 1. The van der Waals surface area contributed by atoms with Crippen LogP contribution in [0.3, 0.4) is 0 Å². The van der Waals surface area contributed by atoms with Gasteiger partial charge in [0.05, 0.1) is 21.7 Å². The molecule has 0 aliphatic rings. The average molecular weight is 393 g/mol. The van der Waals surface area contributed by atoms with E-state index in [-0.39, 0.29) is 28.1 Å². The van der Waals surface area contributed by atoms with Gasteiger partial charge in [-0.2, -0.15) is 0 Å². The molecule has 0 bridgehead atoms. The van der Waals surface area contributed by atoms with E-state index in [1.165, 1.54) is 12.3 Å². The van der Waals surface area contributed by atoms with Crippen LogP contribution in [0.2, 0.25) is 10.0 Å². The number of rotatable bonds is 4. The zero-order chi connectivity index (χ0) is 18.8. The first-order chi connectivity index (χ1) is 12.3. The first-order valence-corrected chi connectivity index (χ1v) is 8.46. The molecule has 0 radical (unpaired) electrons. The standard InChI is InChI=1S/C18H14Cl2N2O4/c1-9(2)25-11-3-4-12-13(7-16(23)26-15(12)6-11)18(24)22-17-14(20)5-10(19)8-21-17/h3-9H,1-2H3,(H,21,22,24). The van der Waals surface area contributed by atoms with Gasteiger partial charge in [-0.05, 0) is 32.0 Å². The van der Waals surface area contributed by atoms with Gasteiger partial charge in [0.1, 0.15) is 11.3 Å². The summed E-state index contributed by atoms with van der Waals surface area (Å²) < 4.78 is 10.8. The lowest BCUT2D eigenvalue weighted by Crippen LogP contribution is -2.16. The van der Waals surface area contributed by atoms with Gasteiger partial charge in [-0.1, -0.05) is 23.2 Å². The summed E-state index contributed by atoms with van der Waals surface area (Å²) in [6.07, 6.45) is 1.32. The molecule has 134 valence electrons. The second-order valence-corrected chi connectivity index (χ2v) is 6.59. The molecule has 0 saturated carbocycles. The molecule has 3 aromatic rings. The molecule has 0 saturated heterocycles. The number of hydrogen-bond acceptors (Lipinski definition) is 5. The summed E-state index contributed by atoms with van der Waals surface area (Å²) in [6, 6.07) is 7.50. The van der Waals surface area contributed by atoms with E-state index in [0.717, 1.165) is 6.07 Å². The van der Waals surface area contributed by atoms with Crippen molar-refractivity contribution in [3.8, 4) is 5.75 Å². The summed E-state index contributed by atoms with van der Waals surface area (Å²) >= 11 is 11.8. The predicted octanol–water partition coefficient (Wildman–Crippen LogP) is 4.53. The topological polar surface area (TPSA) is 81.4 Å². The summed E-state index contributed by atoms with van der Waals surface area (Å²) in [5.74, 6) is 0.134. The molecule has 1 N–H and O–H groups in total. The van der Waals surface area contributed by atoms with E-state index in [9.17, 15) is 9.59 Å². The Balaban J connectivity index is 2.00. The van der Waals surface area contributed by atoms with Crippen molar-refractivity contribution in [3.63, 3.8) is 0 Å². The van der Waals surface area contributed by atoms with Gasteiger partial charge >= 0.3 is 5.63 Å². The highest BCUT2D eigenvalue weighted by Crippen LogP contribution is 2.26. The number of nitrogens with one attached hydrogen (secondary N) is 1. The van der Waals surface area contributed by atoms with Gasteiger partial charge < -0.3 is 14.5 Å². The fraction of sp³-hybridized carbons (Fsp3) is 0.167. The van der Waals surface area contributed by atoms with Crippen molar-refractivity contribution < 1.29 is 13.9 Å². The Kier molecular flexibility index (Phi) is 5.15. The van der Waals surface area contributed by atoms with Crippen LogP contribution in [0.1, 0.15) is 24.2 Å². The van der Waals surface area contributed by atoms with Crippen LogP contribution in [0.25, 0.3) is 11.0 Å². The summed E-state index contributed by atoms with van der Waals surface area (Å²) in [4.78, 5) is 28.5. The molecule has 0 fully saturated rings. The maximum absolute atomic E-state index is 12.6. The van der Waals surface area contributed by atoms with Gasteiger partial charge in [-0.3, -0.25) is 4.79 Å². The lowest BCUT2D eigenvalue weighted by atomic mass is 10.1. The Bertz CT molecular complexity index is 1050. The Labute approximate surface area is 158 Å². The number of carbonyl (C=O) groups is 1. The Morgan fingerprint density at radius 2 is 2.00 bits per heavy atom. The zero-order valence-electron chi connectivity index (χ0n) is 13.9. The van der Waals surface area contributed by atoms with Crippen molar-refractivity contribution in [2.75, 3.05) is 5.32 Å². The highest BCUT2D eigenvalue weighted by atomic mass is 35.5. The van der Waals surface area contributed by atoms with Gasteiger partial charge in [0.2, 0.25) is 0 Å². The van der Waals surface area contributed by atoms with Crippen molar-refractivity contribution in [3.05, 3.63) is 62.6 Å². The summed E-state index contributed by atoms with van der Waals surface area (Å²) in [5.41, 5.74) is -0.268. The molecule has 1 amide bonds. The third-order valence-corrected chi connectivity index (χ3v) is 3.87. The van der Waals surface area contributed by atoms with Gasteiger partial charge in [-0.25, -0.2) is 9.78 Å². The fourth-order valence-electron chi connectivity index (χ4n) is 2.36. The van der Waals surface area contributed by atoms with Crippen LogP contribution >= 0.6 is 23.2 Å². The maximum atomic E-state index is 12.6. The van der Waals surface area contributed by atoms with Crippen LogP contribution in [0, 0.1) is 0 Å². The van der Waals surface area contributed by atoms with Crippen molar-refractivity contribution in [1.82, 2.24) is 4.98 Å². The number of ether oxygens (including phenoxy) is 1. The zero-order valence-corrected chi connectivity index (χ0v) is 15.4. The Morgan fingerprint density at radius 3 is 2.69 bits per heavy atom. The van der Waals surface area contributed by atoms with Crippen LogP contribution in [-0.2, 0) is 0 Å². The molecule has 6 nitrogen and oxygen atoms in total. The van der Waals surface area contributed by atoms with E-state index in [2.05, 4.69) is 10.3 Å². The van der Waals surface area contributed by atoms with Crippen molar-refractivity contribution in [1.29, 1.82) is 0 Å². The van der Waals surface area contributed by atoms with Crippen molar-refractivity contribution in [2.24, 2.45) is 0 Å². The van der Waals surface area contributed by atoms with Crippen molar-refractivity contribution in [2.45, 2.75) is 20.0 Å². The average Bonchev–Trinajstić information content (AvgIpc) is 2.55. The molecule has 8 heteroatoms. The Hall–Kier alpha value is -2.57. The maximum Gasteiger partial charge on any atom is 0.337 e. The van der Waals surface area contributed by atoms with E-state index in [1.54, 1.807) is 18.2 Å². The second kappa shape index (κ2) is 7.35. The minimum atomic E-state index is -0.653. The minimum Gasteiger partial charge on any atom is -0.491 e. The highest BCUT2D eigenvalue weighted by molar-refractivity contribution is 6.36. The number of benzene rings is 1. The molecule has 2 heterocycles. The fourth-order valence-corrected chi connectivity index (χ4v) is 2.79. The van der Waals surface area contributed by atoms with Crippen molar-refractivity contribution >= 4 is 45.9 Å². The van der Waals surface area contributed by atoms with Crippen LogP contribution in [-0.4, -0.2) is 17.0 Å². The van der Waals surface area contributed by atoms with Gasteiger partial charge in [0, 0.05) is 23.7 Å². The molecule has 2 aromatic heterocycles. The monoisotopic (exact) mass is 392 g/mol. The lowest BCUT2D eigenvalue weighted by Gasteiger charge is -2.11. The molecule has 0 atom stereocenters. The molecule has 0 aliphatic heterocycles. The lowest BCUT2D eigenvalue weighted by molar-refractivity contribution is 0.102. The van der Waals surface area contributed by atoms with E-state index in [1.807, 2.05) is 13.8 Å². The summed E-state index contributed by atoms with van der Waals surface area (Å²) in [7, 11) is 0. The third kappa shape index (κ3) is 3.98. The first kappa shape index (κ1) is 18.2. The van der Waals surface area contributed by atoms with E-state index in [0.29, 0.717) is 16.2 Å². The van der Waals surface area contributed by atoms with E-state index < -0.39 is 11.5 Å². The Morgan fingerprint density at radius 1 is 1.23 bits per heavy atom. The van der Waals surface area contributed by atoms with Gasteiger partial charge in [0.15, 0.2) is 5.82 Å². The molecular weight excluding hydrogens is 379 g/mol. The van der Waals surface area contributed by atoms with E-state index in [4.69, 9.17) is 32.4 Å². The first-order valence-electron chi connectivity index (χ1n) is 7.70. The minimum absolute atomic E-state index is 0.0382. The second-order valence-electron chi connectivity index (χ2n) is 5.74. The number of pyridine rings is 1. The number of nitrogens with zero attached hydrogens (tertiary/aromatic N) is 1. The smallest absolute Gasteiger partial charge is 0.337 e. The SMILES string of the molecule is CC(C)Oc1ccc2c(C(=O)Nc3ncc(Cl)cc3Cl)cc(=O)oc2c1.